The summed E-state index contributed by atoms with van der Waals surface area (Å²) in [5.41, 5.74) is 3.49. The van der Waals surface area contributed by atoms with Crippen molar-refractivity contribution in [1.29, 1.82) is 0 Å². The van der Waals surface area contributed by atoms with Gasteiger partial charge in [0.05, 0.1) is 6.04 Å². The number of carbonyl (C=O) groups is 1. The van der Waals surface area contributed by atoms with Crippen molar-refractivity contribution in [2.75, 3.05) is 13.1 Å². The Bertz CT molecular complexity index is 666. The first-order valence-corrected chi connectivity index (χ1v) is 9.34. The average Bonchev–Trinajstić information content (AvgIpc) is 2.67. The lowest BCUT2D eigenvalue weighted by molar-refractivity contribution is -0.121. The Morgan fingerprint density at radius 3 is 2.31 bits per heavy atom. The number of hydrogen-bond donors (Lipinski definition) is 2. The lowest BCUT2D eigenvalue weighted by Gasteiger charge is -2.23. The number of aryl methyl sites for hydroxylation is 1. The van der Waals surface area contributed by atoms with Crippen molar-refractivity contribution in [3.63, 3.8) is 0 Å². The summed E-state index contributed by atoms with van der Waals surface area (Å²) in [7, 11) is 0. The number of hydrogen-bond acceptors (Lipinski definition) is 2. The van der Waals surface area contributed by atoms with Gasteiger partial charge in [-0.1, -0.05) is 60.2 Å². The third-order valence-electron chi connectivity index (χ3n) is 5.09. The molecule has 140 valence electrons. The molecule has 1 fully saturated rings. The van der Waals surface area contributed by atoms with Crippen molar-refractivity contribution in [2.24, 2.45) is 5.92 Å². The summed E-state index contributed by atoms with van der Waals surface area (Å²) in [6, 6.07) is 18.6. The molecule has 1 aliphatic heterocycles. The third kappa shape index (κ3) is 5.86. The molecule has 0 spiro atoms. The molecule has 0 aromatic heterocycles. The summed E-state index contributed by atoms with van der Waals surface area (Å²) in [5, 5.41) is 6.64. The van der Waals surface area contributed by atoms with Gasteiger partial charge >= 0.3 is 0 Å². The van der Waals surface area contributed by atoms with E-state index in [1.165, 1.54) is 18.4 Å². The zero-order valence-corrected chi connectivity index (χ0v) is 16.2. The Kier molecular flexibility index (Phi) is 8.14. The van der Waals surface area contributed by atoms with Gasteiger partial charge in [-0.05, 0) is 56.3 Å². The van der Waals surface area contributed by atoms with Gasteiger partial charge in [-0.2, -0.15) is 0 Å². The Labute approximate surface area is 163 Å². The van der Waals surface area contributed by atoms with E-state index < -0.39 is 0 Å². The molecule has 0 radical (unpaired) electrons. The monoisotopic (exact) mass is 372 g/mol. The number of piperidine rings is 1. The number of benzene rings is 2. The normalized spacial score (nSPS) is 15.7. The molecular formula is C22H29ClN2O. The first-order chi connectivity index (χ1) is 12.2. The summed E-state index contributed by atoms with van der Waals surface area (Å²) in [6.07, 6.45) is 3.98. The van der Waals surface area contributed by atoms with Crippen molar-refractivity contribution < 1.29 is 4.79 Å². The van der Waals surface area contributed by atoms with E-state index in [0.717, 1.165) is 30.6 Å². The Morgan fingerprint density at radius 1 is 1.04 bits per heavy atom. The fourth-order valence-corrected chi connectivity index (χ4v) is 3.50. The molecule has 4 heteroatoms. The van der Waals surface area contributed by atoms with Crippen LogP contribution in [0.15, 0.2) is 54.6 Å². The fraction of sp³-hybridized carbons (Fsp3) is 0.409. The molecular weight excluding hydrogens is 344 g/mol. The molecule has 2 aromatic carbocycles. The van der Waals surface area contributed by atoms with Crippen LogP contribution in [0, 0.1) is 12.8 Å². The minimum Gasteiger partial charge on any atom is -0.345 e. The van der Waals surface area contributed by atoms with Crippen LogP contribution in [0.3, 0.4) is 0 Å². The highest BCUT2D eigenvalue weighted by Crippen LogP contribution is 2.23. The van der Waals surface area contributed by atoms with E-state index in [9.17, 15) is 4.79 Å². The predicted octanol–water partition coefficient (Wildman–Crippen LogP) is 4.40. The van der Waals surface area contributed by atoms with Gasteiger partial charge in [0.2, 0.25) is 5.91 Å². The topological polar surface area (TPSA) is 41.1 Å². The van der Waals surface area contributed by atoms with E-state index in [0.29, 0.717) is 12.3 Å². The van der Waals surface area contributed by atoms with Crippen molar-refractivity contribution in [3.8, 4) is 0 Å². The number of halogens is 1. The minimum absolute atomic E-state index is 0. The standard InChI is InChI=1S/C22H28N2O.ClH/c1-17-7-10-20(11-8-17)22(19-5-3-2-4-6-19)24-21(25)12-9-18-13-15-23-16-14-18;/h2-8,10-11,18,22-23H,9,12-16H2,1H3,(H,24,25);1H. The molecule has 1 amide bonds. The van der Waals surface area contributed by atoms with Gasteiger partial charge in [0.25, 0.3) is 0 Å². The zero-order valence-electron chi connectivity index (χ0n) is 15.4. The van der Waals surface area contributed by atoms with Crippen molar-refractivity contribution in [1.82, 2.24) is 10.6 Å². The first kappa shape index (κ1) is 20.5. The van der Waals surface area contributed by atoms with Crippen LogP contribution in [0.5, 0.6) is 0 Å². The van der Waals surface area contributed by atoms with Crippen molar-refractivity contribution in [3.05, 3.63) is 71.3 Å². The number of carbonyl (C=O) groups excluding carboxylic acids is 1. The number of rotatable bonds is 6. The van der Waals surface area contributed by atoms with Gasteiger partial charge in [-0.25, -0.2) is 0 Å². The Morgan fingerprint density at radius 2 is 1.65 bits per heavy atom. The summed E-state index contributed by atoms with van der Waals surface area (Å²) in [6.45, 7) is 4.25. The Hall–Kier alpha value is -1.84. The lowest BCUT2D eigenvalue weighted by Crippen LogP contribution is -2.31. The summed E-state index contributed by atoms with van der Waals surface area (Å²) >= 11 is 0. The van der Waals surface area contributed by atoms with Crippen LogP contribution in [0.2, 0.25) is 0 Å². The molecule has 0 bridgehead atoms. The summed E-state index contributed by atoms with van der Waals surface area (Å²) in [5.74, 6) is 0.828. The first-order valence-electron chi connectivity index (χ1n) is 9.34. The maximum Gasteiger partial charge on any atom is 0.220 e. The second-order valence-corrected chi connectivity index (χ2v) is 7.05. The van der Waals surface area contributed by atoms with Gasteiger partial charge in [0.15, 0.2) is 0 Å². The highest BCUT2D eigenvalue weighted by Gasteiger charge is 2.19. The van der Waals surface area contributed by atoms with Gasteiger partial charge in [0, 0.05) is 6.42 Å². The lowest BCUT2D eigenvalue weighted by atomic mass is 9.92. The van der Waals surface area contributed by atoms with E-state index in [4.69, 9.17) is 0 Å². The second kappa shape index (κ2) is 10.3. The molecule has 1 aliphatic rings. The molecule has 1 heterocycles. The average molecular weight is 373 g/mol. The highest BCUT2D eigenvalue weighted by molar-refractivity contribution is 5.85. The van der Waals surface area contributed by atoms with E-state index in [2.05, 4.69) is 54.0 Å². The van der Waals surface area contributed by atoms with Crippen LogP contribution in [0.4, 0.5) is 0 Å². The van der Waals surface area contributed by atoms with E-state index >= 15 is 0 Å². The number of nitrogens with one attached hydrogen (secondary N) is 2. The van der Waals surface area contributed by atoms with Gasteiger partial charge in [-0.15, -0.1) is 12.4 Å². The molecule has 1 atom stereocenters. The van der Waals surface area contributed by atoms with Gasteiger partial charge < -0.3 is 10.6 Å². The number of amides is 1. The maximum atomic E-state index is 12.6. The summed E-state index contributed by atoms with van der Waals surface area (Å²) < 4.78 is 0. The molecule has 1 saturated heterocycles. The zero-order chi connectivity index (χ0) is 17.5. The van der Waals surface area contributed by atoms with E-state index in [1.54, 1.807) is 0 Å². The molecule has 3 rings (SSSR count). The summed E-state index contributed by atoms with van der Waals surface area (Å²) in [4.78, 5) is 12.6. The smallest absolute Gasteiger partial charge is 0.220 e. The van der Waals surface area contributed by atoms with Crippen LogP contribution in [0.25, 0.3) is 0 Å². The fourth-order valence-electron chi connectivity index (χ4n) is 3.50. The van der Waals surface area contributed by atoms with Crippen LogP contribution in [0.1, 0.15) is 48.4 Å². The van der Waals surface area contributed by atoms with Crippen LogP contribution >= 0.6 is 12.4 Å². The molecule has 2 aromatic rings. The molecule has 26 heavy (non-hydrogen) atoms. The maximum absolute atomic E-state index is 12.6. The van der Waals surface area contributed by atoms with Crippen LogP contribution in [-0.2, 0) is 4.79 Å². The molecule has 1 unspecified atom stereocenters. The molecule has 3 nitrogen and oxygen atoms in total. The minimum atomic E-state index is -0.0812. The van der Waals surface area contributed by atoms with Crippen molar-refractivity contribution >= 4 is 18.3 Å². The quantitative estimate of drug-likeness (QED) is 0.788. The third-order valence-corrected chi connectivity index (χ3v) is 5.09. The Balaban J connectivity index is 0.00000243. The molecule has 0 aliphatic carbocycles. The second-order valence-electron chi connectivity index (χ2n) is 7.05. The van der Waals surface area contributed by atoms with Crippen molar-refractivity contribution in [2.45, 2.75) is 38.6 Å². The van der Waals surface area contributed by atoms with E-state index in [1.807, 2.05) is 18.2 Å². The van der Waals surface area contributed by atoms with Gasteiger partial charge in [-0.3, -0.25) is 4.79 Å². The van der Waals surface area contributed by atoms with Crippen LogP contribution in [-0.4, -0.2) is 19.0 Å². The highest BCUT2D eigenvalue weighted by atomic mass is 35.5. The molecule has 0 saturated carbocycles. The van der Waals surface area contributed by atoms with E-state index in [-0.39, 0.29) is 24.4 Å². The molecule has 2 N–H and O–H groups in total. The predicted molar refractivity (Wildman–Crippen MR) is 110 cm³/mol. The van der Waals surface area contributed by atoms with Gasteiger partial charge in [0.1, 0.15) is 0 Å². The largest absolute Gasteiger partial charge is 0.345 e. The SMILES string of the molecule is Cc1ccc(C(NC(=O)CCC2CCNCC2)c2ccccc2)cc1.Cl. The van der Waals surface area contributed by atoms with Crippen LogP contribution < -0.4 is 10.6 Å².